The zero-order chi connectivity index (χ0) is 17.4. The van der Waals surface area contributed by atoms with Crippen molar-refractivity contribution in [3.63, 3.8) is 0 Å². The second-order valence-corrected chi connectivity index (χ2v) is 9.05. The van der Waals surface area contributed by atoms with Crippen LogP contribution in [-0.2, 0) is 27.5 Å². The molecule has 0 bridgehead atoms. The van der Waals surface area contributed by atoms with E-state index in [-0.39, 0.29) is 30.1 Å². The van der Waals surface area contributed by atoms with Gasteiger partial charge in [0.25, 0.3) is 5.91 Å². The summed E-state index contributed by atoms with van der Waals surface area (Å²) >= 11 is 0. The fraction of sp³-hybridized carbons (Fsp3) is 0.500. The molecule has 1 aromatic carbocycles. The summed E-state index contributed by atoms with van der Waals surface area (Å²) in [5, 5.41) is 3.79. The fourth-order valence-corrected chi connectivity index (χ4v) is 5.33. The summed E-state index contributed by atoms with van der Waals surface area (Å²) in [4.78, 5) is 12.0. The number of aryl methyl sites for hydroxylation is 2. The Hall–Kier alpha value is -2.02. The Labute approximate surface area is 146 Å². The van der Waals surface area contributed by atoms with E-state index in [2.05, 4.69) is 5.32 Å². The van der Waals surface area contributed by atoms with Gasteiger partial charge in [0.05, 0.1) is 11.5 Å². The highest BCUT2D eigenvalue weighted by molar-refractivity contribution is 7.91. The molecule has 1 aliphatic carbocycles. The van der Waals surface area contributed by atoms with Crippen molar-refractivity contribution < 1.29 is 22.4 Å². The Morgan fingerprint density at radius 2 is 2.12 bits per heavy atom. The predicted octanol–water partition coefficient (Wildman–Crippen LogP) is 1.99. The zero-order valence-electron chi connectivity index (χ0n) is 13.9. The molecule has 0 spiro atoms. The van der Waals surface area contributed by atoms with E-state index in [1.807, 2.05) is 12.1 Å². The number of hydrogen-bond acceptors (Lipinski definition) is 5. The third-order valence-corrected chi connectivity index (χ3v) is 6.66. The largest absolute Gasteiger partial charge is 0.484 e. The molecule has 2 aliphatic rings. The molecular weight excluding hydrogens is 342 g/mol. The first-order chi connectivity index (χ1) is 12.0. The molecule has 6 nitrogen and oxygen atoms in total. The molecular formula is C18H21NO5S. The van der Waals surface area contributed by atoms with Crippen LogP contribution in [0.15, 0.2) is 22.6 Å². The number of benzene rings is 1. The molecule has 4 rings (SSSR count). The Morgan fingerprint density at radius 1 is 1.28 bits per heavy atom. The summed E-state index contributed by atoms with van der Waals surface area (Å²) in [5.41, 5.74) is 2.12. The molecule has 1 N–H and O–H groups in total. The summed E-state index contributed by atoms with van der Waals surface area (Å²) in [5.74, 6) is 1.55. The van der Waals surface area contributed by atoms with Gasteiger partial charge in [-0.3, -0.25) is 4.79 Å². The van der Waals surface area contributed by atoms with E-state index in [0.29, 0.717) is 12.2 Å². The Kier molecular flexibility index (Phi) is 4.19. The van der Waals surface area contributed by atoms with Crippen molar-refractivity contribution in [1.29, 1.82) is 0 Å². The van der Waals surface area contributed by atoms with Crippen LogP contribution in [0.2, 0.25) is 0 Å². The number of nitrogens with one attached hydrogen (secondary N) is 1. The average Bonchev–Trinajstić information content (AvgIpc) is 3.12. The number of ether oxygens (including phenoxy) is 1. The second-order valence-electron chi connectivity index (χ2n) is 6.83. The number of sulfone groups is 1. The average molecular weight is 363 g/mol. The number of hydrogen-bond donors (Lipinski definition) is 1. The zero-order valence-corrected chi connectivity index (χ0v) is 14.7. The molecule has 1 aliphatic heterocycles. The van der Waals surface area contributed by atoms with E-state index < -0.39 is 9.84 Å². The van der Waals surface area contributed by atoms with Gasteiger partial charge in [-0.05, 0) is 43.9 Å². The van der Waals surface area contributed by atoms with Gasteiger partial charge in [0.15, 0.2) is 16.4 Å². The number of carbonyl (C=O) groups excluding carboxylic acids is 1. The van der Waals surface area contributed by atoms with E-state index in [1.165, 1.54) is 12.0 Å². The lowest BCUT2D eigenvalue weighted by molar-refractivity contribution is -0.123. The number of carbonyl (C=O) groups is 1. The molecule has 0 radical (unpaired) electrons. The van der Waals surface area contributed by atoms with Crippen molar-refractivity contribution >= 4 is 26.7 Å². The quantitative estimate of drug-likeness (QED) is 0.898. The summed E-state index contributed by atoms with van der Waals surface area (Å²) in [6.45, 7) is -0.123. The Morgan fingerprint density at radius 3 is 2.92 bits per heavy atom. The number of rotatable bonds is 4. The molecule has 1 aromatic heterocycles. The highest BCUT2D eigenvalue weighted by Crippen LogP contribution is 2.33. The van der Waals surface area contributed by atoms with E-state index in [4.69, 9.17) is 9.15 Å². The molecule has 1 saturated heterocycles. The van der Waals surface area contributed by atoms with Crippen LogP contribution < -0.4 is 10.1 Å². The van der Waals surface area contributed by atoms with Gasteiger partial charge in [-0.25, -0.2) is 8.42 Å². The highest BCUT2D eigenvalue weighted by Gasteiger charge is 2.28. The van der Waals surface area contributed by atoms with Crippen LogP contribution in [0, 0.1) is 0 Å². The van der Waals surface area contributed by atoms with Gasteiger partial charge in [-0.15, -0.1) is 0 Å². The van der Waals surface area contributed by atoms with Crippen LogP contribution in [0.25, 0.3) is 11.0 Å². The standard InChI is InChI=1S/C18H21NO5S/c20-18(19-12-7-8-25(21,22)11-12)10-23-13-5-6-17-15(9-13)14-3-1-2-4-16(14)24-17/h5-6,9,12H,1-4,7-8,10-11H2,(H,19,20). The summed E-state index contributed by atoms with van der Waals surface area (Å²) < 4.78 is 34.3. The lowest BCUT2D eigenvalue weighted by atomic mass is 9.96. The molecule has 2 heterocycles. The molecule has 1 fully saturated rings. The monoisotopic (exact) mass is 363 g/mol. The molecule has 7 heteroatoms. The normalized spacial score (nSPS) is 21.8. The lowest BCUT2D eigenvalue weighted by Crippen LogP contribution is -2.38. The maximum absolute atomic E-state index is 12.0. The molecule has 0 saturated carbocycles. The lowest BCUT2D eigenvalue weighted by Gasteiger charge is -2.12. The summed E-state index contributed by atoms with van der Waals surface area (Å²) in [6.07, 6.45) is 4.79. The molecule has 1 unspecified atom stereocenters. The Bertz CT molecular complexity index is 915. The van der Waals surface area contributed by atoms with Gasteiger partial charge in [-0.2, -0.15) is 0 Å². The minimum atomic E-state index is -3.00. The summed E-state index contributed by atoms with van der Waals surface area (Å²) in [6, 6.07) is 5.30. The number of furan rings is 1. The van der Waals surface area contributed by atoms with Crippen LogP contribution in [0.3, 0.4) is 0 Å². The minimum Gasteiger partial charge on any atom is -0.484 e. The van der Waals surface area contributed by atoms with Gasteiger partial charge in [0, 0.05) is 23.4 Å². The van der Waals surface area contributed by atoms with Crippen LogP contribution in [-0.4, -0.2) is 38.5 Å². The van der Waals surface area contributed by atoms with Crippen LogP contribution in [0.1, 0.15) is 30.6 Å². The molecule has 134 valence electrons. The van der Waals surface area contributed by atoms with Crippen LogP contribution in [0.5, 0.6) is 5.75 Å². The number of fused-ring (bicyclic) bond motifs is 3. The predicted molar refractivity (Wildman–Crippen MR) is 93.6 cm³/mol. The van der Waals surface area contributed by atoms with Crippen molar-refractivity contribution in [3.8, 4) is 5.75 Å². The third kappa shape index (κ3) is 3.51. The van der Waals surface area contributed by atoms with E-state index in [0.717, 1.165) is 36.0 Å². The molecule has 2 aromatic rings. The van der Waals surface area contributed by atoms with Crippen LogP contribution in [0.4, 0.5) is 0 Å². The molecule has 25 heavy (non-hydrogen) atoms. The van der Waals surface area contributed by atoms with Gasteiger partial charge < -0.3 is 14.5 Å². The van der Waals surface area contributed by atoms with E-state index in [9.17, 15) is 13.2 Å². The maximum atomic E-state index is 12.0. The van der Waals surface area contributed by atoms with Gasteiger partial charge >= 0.3 is 0 Å². The van der Waals surface area contributed by atoms with Crippen molar-refractivity contribution in [2.45, 2.75) is 38.1 Å². The molecule has 1 atom stereocenters. The first-order valence-corrected chi connectivity index (χ1v) is 10.5. The van der Waals surface area contributed by atoms with E-state index in [1.54, 1.807) is 6.07 Å². The van der Waals surface area contributed by atoms with Crippen molar-refractivity contribution in [1.82, 2.24) is 5.32 Å². The highest BCUT2D eigenvalue weighted by atomic mass is 32.2. The SMILES string of the molecule is O=C(COc1ccc2oc3c(c2c1)CCCC3)NC1CCS(=O)(=O)C1. The number of amides is 1. The van der Waals surface area contributed by atoms with Crippen molar-refractivity contribution in [3.05, 3.63) is 29.5 Å². The maximum Gasteiger partial charge on any atom is 0.258 e. The topological polar surface area (TPSA) is 85.6 Å². The smallest absolute Gasteiger partial charge is 0.258 e. The summed E-state index contributed by atoms with van der Waals surface area (Å²) in [7, 11) is -3.00. The minimum absolute atomic E-state index is 0.0197. The van der Waals surface area contributed by atoms with Gasteiger partial charge in [0.2, 0.25) is 0 Å². The molecule has 1 amide bonds. The van der Waals surface area contributed by atoms with Gasteiger partial charge in [-0.1, -0.05) is 0 Å². The third-order valence-electron chi connectivity index (χ3n) is 4.89. The first-order valence-electron chi connectivity index (χ1n) is 8.67. The van der Waals surface area contributed by atoms with Gasteiger partial charge in [0.1, 0.15) is 17.1 Å². The van der Waals surface area contributed by atoms with Crippen molar-refractivity contribution in [2.75, 3.05) is 18.1 Å². The second kappa shape index (κ2) is 6.37. The first kappa shape index (κ1) is 16.4. The van der Waals surface area contributed by atoms with Crippen LogP contribution >= 0.6 is 0 Å². The van der Waals surface area contributed by atoms with Crippen molar-refractivity contribution in [2.24, 2.45) is 0 Å². The Balaban J connectivity index is 1.40. The fourth-order valence-electron chi connectivity index (χ4n) is 3.66. The van der Waals surface area contributed by atoms with E-state index >= 15 is 0 Å².